The van der Waals surface area contributed by atoms with Gasteiger partial charge in [-0.25, -0.2) is 9.59 Å². The number of esters is 2. The fraction of sp³-hybridized carbons (Fsp3) is 0.231. The van der Waals surface area contributed by atoms with E-state index in [0.29, 0.717) is 33.0 Å². The smallest absolute Gasteiger partial charge is 0.333 e. The minimum absolute atomic E-state index is 0.0225. The summed E-state index contributed by atoms with van der Waals surface area (Å²) < 4.78 is 55.3. The zero-order valence-electron chi connectivity index (χ0n) is 19.9. The second-order valence-electron chi connectivity index (χ2n) is 7.92. The van der Waals surface area contributed by atoms with Gasteiger partial charge in [0.1, 0.15) is 37.9 Å². The molecule has 0 amide bonds. The molecule has 3 aromatic carbocycles. The lowest BCUT2D eigenvalue weighted by Crippen LogP contribution is -2.13. The van der Waals surface area contributed by atoms with E-state index in [9.17, 15) is 22.6 Å². The molecule has 9 nitrogen and oxygen atoms in total. The van der Waals surface area contributed by atoms with Crippen LogP contribution in [0.2, 0.25) is 0 Å². The van der Waals surface area contributed by atoms with E-state index in [1.807, 2.05) is 0 Å². The molecular formula is C26H26O9S. The number of ether oxygens (including phenoxy) is 4. The lowest BCUT2D eigenvalue weighted by molar-refractivity contribution is -0.140. The summed E-state index contributed by atoms with van der Waals surface area (Å²) in [5.41, 5.74) is 0.512. The third-order valence-electron chi connectivity index (χ3n) is 5.02. The Morgan fingerprint density at radius 1 is 0.750 bits per heavy atom. The zero-order chi connectivity index (χ0) is 26.5. The van der Waals surface area contributed by atoms with Crippen LogP contribution in [-0.2, 0) is 29.2 Å². The minimum Gasteiger partial charge on any atom is -0.489 e. The number of hydrogen-bond acceptors (Lipinski definition) is 8. The Kier molecular flexibility index (Phi) is 8.33. The maximum atomic E-state index is 11.8. The van der Waals surface area contributed by atoms with Crippen molar-refractivity contribution in [1.82, 2.24) is 0 Å². The van der Waals surface area contributed by atoms with Crippen LogP contribution in [0.4, 0.5) is 0 Å². The van der Waals surface area contributed by atoms with Gasteiger partial charge in [-0.15, -0.1) is 0 Å². The Hall–Kier alpha value is -3.89. The number of benzene rings is 3. The van der Waals surface area contributed by atoms with Crippen molar-refractivity contribution < 1.29 is 41.5 Å². The van der Waals surface area contributed by atoms with E-state index in [-0.39, 0.29) is 42.5 Å². The predicted octanol–water partition coefficient (Wildman–Crippen LogP) is 4.24. The molecule has 0 aliphatic heterocycles. The molecule has 10 heteroatoms. The lowest BCUT2D eigenvalue weighted by atomic mass is 10.0. The highest BCUT2D eigenvalue weighted by Gasteiger charge is 2.20. The highest BCUT2D eigenvalue weighted by atomic mass is 32.2. The van der Waals surface area contributed by atoms with E-state index >= 15 is 0 Å². The summed E-state index contributed by atoms with van der Waals surface area (Å²) in [6.45, 7) is 10.0. The quantitative estimate of drug-likeness (QED) is 0.131. The third kappa shape index (κ3) is 6.21. The first-order valence-electron chi connectivity index (χ1n) is 10.9. The lowest BCUT2D eigenvalue weighted by Gasteiger charge is -2.18. The molecule has 0 spiro atoms. The van der Waals surface area contributed by atoms with Gasteiger partial charge < -0.3 is 18.9 Å². The summed E-state index contributed by atoms with van der Waals surface area (Å²) in [7, 11) is -4.50. The number of hydrogen-bond donors (Lipinski definition) is 1. The Labute approximate surface area is 208 Å². The molecule has 0 fully saturated rings. The van der Waals surface area contributed by atoms with Gasteiger partial charge in [-0.3, -0.25) is 4.55 Å². The first-order valence-corrected chi connectivity index (χ1v) is 12.3. The summed E-state index contributed by atoms with van der Waals surface area (Å²) in [6.07, 6.45) is 0. The van der Waals surface area contributed by atoms with Crippen LogP contribution in [0.1, 0.15) is 13.8 Å². The van der Waals surface area contributed by atoms with Gasteiger partial charge in [0.15, 0.2) is 0 Å². The minimum atomic E-state index is -4.50. The van der Waals surface area contributed by atoms with E-state index in [1.165, 1.54) is 32.0 Å². The predicted molar refractivity (Wildman–Crippen MR) is 134 cm³/mol. The molecule has 0 bridgehead atoms. The highest BCUT2D eigenvalue weighted by Crippen LogP contribution is 2.43. The SMILES string of the molecule is C=C(C)C(=O)OCCOc1c2ccccc2c(OCCOC(=O)C(=C)C)c2cc(S(=O)(=O)O)ccc12. The number of carbonyl (C=O) groups is 2. The van der Waals surface area contributed by atoms with Crippen LogP contribution in [0.15, 0.2) is 71.7 Å². The third-order valence-corrected chi connectivity index (χ3v) is 5.87. The van der Waals surface area contributed by atoms with Gasteiger partial charge in [0.05, 0.1) is 4.90 Å². The van der Waals surface area contributed by atoms with Crippen molar-refractivity contribution in [3.05, 3.63) is 66.8 Å². The van der Waals surface area contributed by atoms with Crippen LogP contribution in [-0.4, -0.2) is 51.3 Å². The average Bonchev–Trinajstić information content (AvgIpc) is 2.83. The molecule has 3 aromatic rings. The fourth-order valence-electron chi connectivity index (χ4n) is 3.35. The van der Waals surface area contributed by atoms with Gasteiger partial charge in [0.2, 0.25) is 0 Å². The van der Waals surface area contributed by atoms with Crippen LogP contribution in [0.3, 0.4) is 0 Å². The first-order chi connectivity index (χ1) is 17.0. The second kappa shape index (κ2) is 11.2. The normalized spacial score (nSPS) is 11.2. The summed E-state index contributed by atoms with van der Waals surface area (Å²) >= 11 is 0. The molecule has 0 saturated heterocycles. The van der Waals surface area contributed by atoms with Crippen molar-refractivity contribution in [1.29, 1.82) is 0 Å². The summed E-state index contributed by atoms with van der Waals surface area (Å²) in [5.74, 6) is -0.367. The zero-order valence-corrected chi connectivity index (χ0v) is 20.7. The van der Waals surface area contributed by atoms with Crippen LogP contribution >= 0.6 is 0 Å². The van der Waals surface area contributed by atoms with Crippen LogP contribution < -0.4 is 9.47 Å². The van der Waals surface area contributed by atoms with E-state index in [0.717, 1.165) is 0 Å². The van der Waals surface area contributed by atoms with Crippen molar-refractivity contribution >= 4 is 43.6 Å². The van der Waals surface area contributed by atoms with Gasteiger partial charge in [0.25, 0.3) is 10.1 Å². The molecule has 0 radical (unpaired) electrons. The molecule has 3 rings (SSSR count). The molecule has 0 heterocycles. The van der Waals surface area contributed by atoms with Gasteiger partial charge in [-0.05, 0) is 32.0 Å². The molecular weight excluding hydrogens is 488 g/mol. The van der Waals surface area contributed by atoms with Crippen LogP contribution in [0, 0.1) is 0 Å². The molecule has 0 aliphatic rings. The van der Waals surface area contributed by atoms with Crippen molar-refractivity contribution in [2.24, 2.45) is 0 Å². The molecule has 1 N–H and O–H groups in total. The Morgan fingerprint density at radius 3 is 1.64 bits per heavy atom. The molecule has 0 unspecified atom stereocenters. The average molecular weight is 515 g/mol. The summed E-state index contributed by atoms with van der Waals surface area (Å²) in [6, 6.07) is 11.2. The first kappa shape index (κ1) is 26.7. The monoisotopic (exact) mass is 514 g/mol. The van der Waals surface area contributed by atoms with Gasteiger partial charge >= 0.3 is 11.9 Å². The Balaban J connectivity index is 2.04. The van der Waals surface area contributed by atoms with Crippen molar-refractivity contribution in [2.45, 2.75) is 18.7 Å². The fourth-order valence-corrected chi connectivity index (χ4v) is 3.86. The molecule has 0 aliphatic carbocycles. The standard InChI is InChI=1S/C26H26O9S/c1-16(2)25(27)34-13-11-32-23-19-7-5-6-8-20(19)24(33-12-14-35-26(28)17(3)4)22-15-18(36(29,30)31)9-10-21(22)23/h5-10,15H,1,3,11-14H2,2,4H3,(H,29,30,31). The number of carbonyl (C=O) groups excluding carboxylic acids is 2. The number of rotatable bonds is 11. The molecule has 36 heavy (non-hydrogen) atoms. The summed E-state index contributed by atoms with van der Waals surface area (Å²) in [4.78, 5) is 23.0. The largest absolute Gasteiger partial charge is 0.489 e. The Morgan fingerprint density at radius 2 is 1.19 bits per heavy atom. The van der Waals surface area contributed by atoms with E-state index < -0.39 is 22.1 Å². The van der Waals surface area contributed by atoms with Crippen LogP contribution in [0.5, 0.6) is 11.5 Å². The van der Waals surface area contributed by atoms with Crippen molar-refractivity contribution in [2.75, 3.05) is 26.4 Å². The highest BCUT2D eigenvalue weighted by molar-refractivity contribution is 7.85. The maximum absolute atomic E-state index is 11.8. The van der Waals surface area contributed by atoms with E-state index in [1.54, 1.807) is 24.3 Å². The van der Waals surface area contributed by atoms with Crippen molar-refractivity contribution in [3.8, 4) is 11.5 Å². The molecule has 0 saturated carbocycles. The van der Waals surface area contributed by atoms with Crippen molar-refractivity contribution in [3.63, 3.8) is 0 Å². The van der Waals surface area contributed by atoms with Gasteiger partial charge in [-0.1, -0.05) is 37.4 Å². The molecule has 0 aromatic heterocycles. The van der Waals surface area contributed by atoms with E-state index in [4.69, 9.17) is 18.9 Å². The Bertz CT molecular complexity index is 1460. The molecule has 190 valence electrons. The van der Waals surface area contributed by atoms with Crippen LogP contribution in [0.25, 0.3) is 21.5 Å². The summed E-state index contributed by atoms with van der Waals surface area (Å²) in [5, 5.41) is 2.10. The van der Waals surface area contributed by atoms with Gasteiger partial charge in [0, 0.05) is 32.7 Å². The maximum Gasteiger partial charge on any atom is 0.333 e. The topological polar surface area (TPSA) is 125 Å². The van der Waals surface area contributed by atoms with E-state index in [2.05, 4.69) is 13.2 Å². The van der Waals surface area contributed by atoms with Gasteiger partial charge in [-0.2, -0.15) is 8.42 Å². The molecule has 0 atom stereocenters. The number of fused-ring (bicyclic) bond motifs is 2. The second-order valence-corrected chi connectivity index (χ2v) is 9.34.